The van der Waals surface area contributed by atoms with Crippen molar-refractivity contribution in [1.82, 2.24) is 20.5 Å². The van der Waals surface area contributed by atoms with Crippen LogP contribution in [0.3, 0.4) is 0 Å². The van der Waals surface area contributed by atoms with Crippen LogP contribution in [0.2, 0.25) is 0 Å². The Morgan fingerprint density at radius 1 is 1.06 bits per heavy atom. The fourth-order valence-corrected chi connectivity index (χ4v) is 3.31. The largest absolute Gasteiger partial charge is 0.348 e. The molecule has 0 aliphatic rings. The molecular formula is C24H23N5O2. The Morgan fingerprint density at radius 3 is 2.55 bits per heavy atom. The van der Waals surface area contributed by atoms with Crippen molar-refractivity contribution in [2.45, 2.75) is 26.8 Å². The van der Waals surface area contributed by atoms with Gasteiger partial charge in [-0.05, 0) is 31.2 Å². The van der Waals surface area contributed by atoms with Gasteiger partial charge in [0.2, 0.25) is 5.91 Å². The van der Waals surface area contributed by atoms with E-state index >= 15 is 0 Å². The van der Waals surface area contributed by atoms with E-state index in [1.165, 1.54) is 0 Å². The smallest absolute Gasteiger partial charge is 0.252 e. The minimum Gasteiger partial charge on any atom is -0.348 e. The van der Waals surface area contributed by atoms with Gasteiger partial charge in [-0.3, -0.25) is 14.7 Å². The number of carbonyl (C=O) groups excluding carboxylic acids is 2. The highest BCUT2D eigenvalue weighted by Gasteiger charge is 2.14. The van der Waals surface area contributed by atoms with Crippen molar-refractivity contribution in [2.24, 2.45) is 0 Å². The van der Waals surface area contributed by atoms with E-state index in [2.05, 4.69) is 20.8 Å². The van der Waals surface area contributed by atoms with Crippen LogP contribution in [-0.2, 0) is 11.3 Å². The summed E-state index contributed by atoms with van der Waals surface area (Å²) < 4.78 is 0. The summed E-state index contributed by atoms with van der Waals surface area (Å²) in [4.78, 5) is 29.4. The van der Waals surface area contributed by atoms with Crippen LogP contribution in [0.5, 0.6) is 0 Å². The molecule has 0 unspecified atom stereocenters. The molecular weight excluding hydrogens is 390 g/mol. The van der Waals surface area contributed by atoms with E-state index in [9.17, 15) is 9.59 Å². The third kappa shape index (κ3) is 4.45. The number of para-hydroxylation sites is 1. The lowest BCUT2D eigenvalue weighted by Crippen LogP contribution is -2.23. The molecule has 4 rings (SSSR count). The van der Waals surface area contributed by atoms with Crippen molar-refractivity contribution >= 4 is 28.4 Å². The second kappa shape index (κ2) is 8.79. The summed E-state index contributed by atoms with van der Waals surface area (Å²) in [5.74, 6) is -0.212. The molecule has 7 nitrogen and oxygen atoms in total. The lowest BCUT2D eigenvalue weighted by Gasteiger charge is -2.11. The van der Waals surface area contributed by atoms with Crippen LogP contribution < -0.4 is 10.6 Å². The zero-order chi connectivity index (χ0) is 21.8. The molecule has 0 aliphatic carbocycles. The van der Waals surface area contributed by atoms with Crippen molar-refractivity contribution < 1.29 is 9.59 Å². The molecule has 2 heterocycles. The molecule has 2 aromatic carbocycles. The average molecular weight is 413 g/mol. The highest BCUT2D eigenvalue weighted by Crippen LogP contribution is 2.26. The van der Waals surface area contributed by atoms with Gasteiger partial charge in [0.15, 0.2) is 0 Å². The minimum atomic E-state index is -0.174. The Balaban J connectivity index is 1.65. The number of rotatable bonds is 6. The summed E-state index contributed by atoms with van der Waals surface area (Å²) in [6, 6.07) is 16.8. The third-order valence-corrected chi connectivity index (χ3v) is 5.12. The van der Waals surface area contributed by atoms with E-state index in [-0.39, 0.29) is 11.8 Å². The normalized spacial score (nSPS) is 10.8. The van der Waals surface area contributed by atoms with Crippen molar-refractivity contribution in [3.63, 3.8) is 0 Å². The standard InChI is InChI=1S/C24H23N5O2/c1-3-23(30)27-18-10-8-16(9-11-18)22-12-20(19-6-4-5-7-21(19)28-22)24(31)25-13-17-14-26-29-15(17)2/h4-12,14H,3,13H2,1-2H3,(H,25,31)(H,26,29)(H,27,30). The molecule has 7 heteroatoms. The van der Waals surface area contributed by atoms with Crippen molar-refractivity contribution in [1.29, 1.82) is 0 Å². The van der Waals surface area contributed by atoms with Gasteiger partial charge in [-0.25, -0.2) is 4.98 Å². The maximum absolute atomic E-state index is 13.0. The summed E-state index contributed by atoms with van der Waals surface area (Å²) in [6.45, 7) is 4.11. The number of aromatic amines is 1. The highest BCUT2D eigenvalue weighted by atomic mass is 16.2. The van der Waals surface area contributed by atoms with Crippen LogP contribution in [0.4, 0.5) is 5.69 Å². The topological polar surface area (TPSA) is 99.8 Å². The second-order valence-electron chi connectivity index (χ2n) is 7.25. The lowest BCUT2D eigenvalue weighted by molar-refractivity contribution is -0.115. The third-order valence-electron chi connectivity index (χ3n) is 5.12. The minimum absolute atomic E-state index is 0.0385. The summed E-state index contributed by atoms with van der Waals surface area (Å²) in [6.07, 6.45) is 2.13. The molecule has 156 valence electrons. The molecule has 0 spiro atoms. The molecule has 0 aliphatic heterocycles. The Labute approximate surface area is 179 Å². The van der Waals surface area contributed by atoms with Gasteiger partial charge in [0.05, 0.1) is 23.0 Å². The van der Waals surface area contributed by atoms with Crippen LogP contribution in [-0.4, -0.2) is 27.0 Å². The number of H-pyrrole nitrogens is 1. The molecule has 31 heavy (non-hydrogen) atoms. The van der Waals surface area contributed by atoms with Gasteiger partial charge in [-0.1, -0.05) is 37.3 Å². The Bertz CT molecular complexity index is 1240. The van der Waals surface area contributed by atoms with E-state index < -0.39 is 0 Å². The number of aromatic nitrogens is 3. The van der Waals surface area contributed by atoms with Crippen molar-refractivity contribution in [2.75, 3.05) is 5.32 Å². The van der Waals surface area contributed by atoms with Gasteiger partial charge in [0.1, 0.15) is 0 Å². The number of anilines is 1. The van der Waals surface area contributed by atoms with Gasteiger partial charge >= 0.3 is 0 Å². The van der Waals surface area contributed by atoms with E-state index in [1.54, 1.807) is 12.3 Å². The Hall–Kier alpha value is -4.00. The zero-order valence-corrected chi connectivity index (χ0v) is 17.4. The zero-order valence-electron chi connectivity index (χ0n) is 17.4. The van der Waals surface area contributed by atoms with Crippen molar-refractivity contribution in [3.8, 4) is 11.3 Å². The van der Waals surface area contributed by atoms with Gasteiger partial charge in [0, 0.05) is 40.9 Å². The molecule has 3 N–H and O–H groups in total. The molecule has 0 saturated carbocycles. The molecule has 0 saturated heterocycles. The predicted molar refractivity (Wildman–Crippen MR) is 121 cm³/mol. The number of nitrogens with one attached hydrogen (secondary N) is 3. The average Bonchev–Trinajstić information content (AvgIpc) is 3.21. The molecule has 2 amide bonds. The van der Waals surface area contributed by atoms with Crippen molar-refractivity contribution in [3.05, 3.63) is 77.6 Å². The van der Waals surface area contributed by atoms with Crippen LogP contribution in [0.15, 0.2) is 60.8 Å². The number of aryl methyl sites for hydroxylation is 1. The van der Waals surface area contributed by atoms with E-state index in [1.807, 2.05) is 62.4 Å². The summed E-state index contributed by atoms with van der Waals surface area (Å²) in [5, 5.41) is 13.5. The fourth-order valence-electron chi connectivity index (χ4n) is 3.31. The highest BCUT2D eigenvalue weighted by molar-refractivity contribution is 6.07. The predicted octanol–water partition coefficient (Wildman–Crippen LogP) is 4.21. The summed E-state index contributed by atoms with van der Waals surface area (Å²) in [5.41, 5.74) is 5.45. The Morgan fingerprint density at radius 2 is 1.84 bits per heavy atom. The number of carbonyl (C=O) groups is 2. The van der Waals surface area contributed by atoms with Gasteiger partial charge < -0.3 is 10.6 Å². The Kier molecular flexibility index (Phi) is 5.75. The van der Waals surface area contributed by atoms with Crippen LogP contribution in [0, 0.1) is 6.92 Å². The number of benzene rings is 2. The number of hydrogen-bond acceptors (Lipinski definition) is 4. The van der Waals surface area contributed by atoms with Gasteiger partial charge in [0.25, 0.3) is 5.91 Å². The number of fused-ring (bicyclic) bond motifs is 1. The molecule has 0 bridgehead atoms. The number of amides is 2. The number of nitrogens with zero attached hydrogens (tertiary/aromatic N) is 2. The van der Waals surface area contributed by atoms with Gasteiger partial charge in [-0.2, -0.15) is 5.10 Å². The SMILES string of the molecule is CCC(=O)Nc1ccc(-c2cc(C(=O)NCc3cn[nH]c3C)c3ccccc3n2)cc1. The van der Waals surface area contributed by atoms with Crippen LogP contribution in [0.25, 0.3) is 22.2 Å². The van der Waals surface area contributed by atoms with Crippen LogP contribution in [0.1, 0.15) is 35.0 Å². The van der Waals surface area contributed by atoms with E-state index in [0.29, 0.717) is 24.2 Å². The quantitative estimate of drug-likeness (QED) is 0.441. The lowest BCUT2D eigenvalue weighted by atomic mass is 10.0. The van der Waals surface area contributed by atoms with Crippen LogP contribution >= 0.6 is 0 Å². The first-order valence-electron chi connectivity index (χ1n) is 10.1. The maximum atomic E-state index is 13.0. The number of hydrogen-bond donors (Lipinski definition) is 3. The molecule has 0 radical (unpaired) electrons. The molecule has 4 aromatic rings. The first-order valence-corrected chi connectivity index (χ1v) is 10.1. The molecule has 2 aromatic heterocycles. The summed E-state index contributed by atoms with van der Waals surface area (Å²) >= 11 is 0. The van der Waals surface area contributed by atoms with E-state index in [4.69, 9.17) is 4.98 Å². The first kappa shape index (κ1) is 20.3. The molecule has 0 atom stereocenters. The monoisotopic (exact) mass is 413 g/mol. The van der Waals surface area contributed by atoms with E-state index in [0.717, 1.165) is 33.4 Å². The second-order valence-corrected chi connectivity index (χ2v) is 7.25. The summed E-state index contributed by atoms with van der Waals surface area (Å²) in [7, 11) is 0. The maximum Gasteiger partial charge on any atom is 0.252 e. The molecule has 0 fully saturated rings. The number of pyridine rings is 1. The van der Waals surface area contributed by atoms with Gasteiger partial charge in [-0.15, -0.1) is 0 Å². The fraction of sp³-hybridized carbons (Fsp3) is 0.167. The first-order chi connectivity index (χ1) is 15.0.